The van der Waals surface area contributed by atoms with Crippen LogP contribution in [0, 0.1) is 5.92 Å². The van der Waals surface area contributed by atoms with Crippen LogP contribution in [0.15, 0.2) is 6.07 Å². The van der Waals surface area contributed by atoms with Gasteiger partial charge in [0.1, 0.15) is 18.2 Å². The molecule has 19 heavy (non-hydrogen) atoms. The normalized spacial score (nSPS) is 12.6. The van der Waals surface area contributed by atoms with Crippen molar-refractivity contribution in [1.82, 2.24) is 9.97 Å². The molecule has 0 bridgehead atoms. The SMILES string of the molecule is CNc1cc(N(C)C(C)CC(C)C)nc(COC)n1. The van der Waals surface area contributed by atoms with Crippen LogP contribution in [0.1, 0.15) is 33.0 Å². The number of rotatable bonds is 7. The first kappa shape index (κ1) is 15.7. The fraction of sp³-hybridized carbons (Fsp3) is 0.714. The van der Waals surface area contributed by atoms with E-state index in [0.717, 1.165) is 18.1 Å². The van der Waals surface area contributed by atoms with E-state index in [1.54, 1.807) is 7.11 Å². The molecule has 0 aliphatic carbocycles. The molecule has 0 fully saturated rings. The average Bonchev–Trinajstić information content (AvgIpc) is 2.37. The van der Waals surface area contributed by atoms with Gasteiger partial charge in [-0.05, 0) is 19.3 Å². The van der Waals surface area contributed by atoms with Crippen LogP contribution in [-0.4, -0.2) is 37.2 Å². The van der Waals surface area contributed by atoms with Gasteiger partial charge in [-0.1, -0.05) is 13.8 Å². The van der Waals surface area contributed by atoms with Crippen LogP contribution in [0.4, 0.5) is 11.6 Å². The van der Waals surface area contributed by atoms with E-state index in [-0.39, 0.29) is 0 Å². The second kappa shape index (κ2) is 7.28. The van der Waals surface area contributed by atoms with E-state index in [1.165, 1.54) is 0 Å². The van der Waals surface area contributed by atoms with Crippen LogP contribution in [0.3, 0.4) is 0 Å². The summed E-state index contributed by atoms with van der Waals surface area (Å²) in [5.41, 5.74) is 0. The van der Waals surface area contributed by atoms with Crippen molar-refractivity contribution < 1.29 is 4.74 Å². The maximum Gasteiger partial charge on any atom is 0.158 e. The summed E-state index contributed by atoms with van der Waals surface area (Å²) in [6.45, 7) is 7.12. The number of nitrogens with one attached hydrogen (secondary N) is 1. The molecule has 5 heteroatoms. The second-order valence-corrected chi connectivity index (χ2v) is 5.30. The lowest BCUT2D eigenvalue weighted by molar-refractivity contribution is 0.178. The largest absolute Gasteiger partial charge is 0.377 e. The van der Waals surface area contributed by atoms with Crippen LogP contribution in [0.2, 0.25) is 0 Å². The Morgan fingerprint density at radius 1 is 1.32 bits per heavy atom. The molecule has 0 aromatic carbocycles. The first-order valence-corrected chi connectivity index (χ1v) is 6.75. The number of ether oxygens (including phenoxy) is 1. The van der Waals surface area contributed by atoms with Gasteiger partial charge >= 0.3 is 0 Å². The monoisotopic (exact) mass is 266 g/mol. The quantitative estimate of drug-likeness (QED) is 0.822. The van der Waals surface area contributed by atoms with Crippen LogP contribution >= 0.6 is 0 Å². The maximum absolute atomic E-state index is 5.12. The van der Waals surface area contributed by atoms with E-state index in [0.29, 0.717) is 24.4 Å². The Labute approximate surface area is 116 Å². The number of aromatic nitrogens is 2. The standard InChI is InChI=1S/C14H26N4O/c1-10(2)7-11(3)18(5)14-8-12(15-4)16-13(17-14)9-19-6/h8,10-11H,7,9H2,1-6H3,(H,15,16,17). The second-order valence-electron chi connectivity index (χ2n) is 5.30. The molecular formula is C14H26N4O. The Hall–Kier alpha value is -1.36. The van der Waals surface area contributed by atoms with Gasteiger partial charge < -0.3 is 15.0 Å². The van der Waals surface area contributed by atoms with Crippen LogP contribution in [-0.2, 0) is 11.3 Å². The minimum Gasteiger partial charge on any atom is -0.377 e. The molecule has 1 atom stereocenters. The fourth-order valence-electron chi connectivity index (χ4n) is 2.05. The molecule has 0 radical (unpaired) electrons. The molecule has 0 saturated heterocycles. The Kier molecular flexibility index (Phi) is 6.02. The highest BCUT2D eigenvalue weighted by atomic mass is 16.5. The van der Waals surface area contributed by atoms with E-state index in [9.17, 15) is 0 Å². The minimum absolute atomic E-state index is 0.426. The van der Waals surface area contributed by atoms with Gasteiger partial charge in [-0.2, -0.15) is 0 Å². The fourth-order valence-corrected chi connectivity index (χ4v) is 2.05. The Morgan fingerprint density at radius 3 is 2.53 bits per heavy atom. The molecule has 0 aliphatic heterocycles. The molecule has 108 valence electrons. The molecule has 0 spiro atoms. The molecule has 0 saturated carbocycles. The van der Waals surface area contributed by atoms with Crippen molar-refractivity contribution in [3.8, 4) is 0 Å². The maximum atomic E-state index is 5.12. The van der Waals surface area contributed by atoms with Crippen LogP contribution in [0.25, 0.3) is 0 Å². The lowest BCUT2D eigenvalue weighted by Gasteiger charge is -2.27. The van der Waals surface area contributed by atoms with E-state index < -0.39 is 0 Å². The van der Waals surface area contributed by atoms with E-state index >= 15 is 0 Å². The first-order chi connectivity index (χ1) is 8.97. The molecule has 1 aromatic rings. The van der Waals surface area contributed by atoms with Crippen molar-refractivity contribution in [2.45, 2.75) is 39.8 Å². The molecule has 1 heterocycles. The highest BCUT2D eigenvalue weighted by molar-refractivity contribution is 5.49. The zero-order valence-corrected chi connectivity index (χ0v) is 12.9. The van der Waals surface area contributed by atoms with Crippen molar-refractivity contribution in [2.75, 3.05) is 31.4 Å². The Bertz CT molecular complexity index is 395. The third-order valence-electron chi connectivity index (χ3n) is 3.12. The van der Waals surface area contributed by atoms with Crippen LogP contribution < -0.4 is 10.2 Å². The number of methoxy groups -OCH3 is 1. The van der Waals surface area contributed by atoms with Gasteiger partial charge in [0.25, 0.3) is 0 Å². The van der Waals surface area contributed by atoms with E-state index in [4.69, 9.17) is 4.74 Å². The van der Waals surface area contributed by atoms with Gasteiger partial charge in [-0.3, -0.25) is 0 Å². The summed E-state index contributed by atoms with van der Waals surface area (Å²) in [5, 5.41) is 3.07. The molecule has 1 aromatic heterocycles. The van der Waals surface area contributed by atoms with Crippen LogP contribution in [0.5, 0.6) is 0 Å². The number of anilines is 2. The topological polar surface area (TPSA) is 50.3 Å². The third kappa shape index (κ3) is 4.67. The van der Waals surface area contributed by atoms with Gasteiger partial charge in [0.15, 0.2) is 5.82 Å². The summed E-state index contributed by atoms with van der Waals surface area (Å²) in [4.78, 5) is 11.1. The molecule has 1 N–H and O–H groups in total. The minimum atomic E-state index is 0.426. The van der Waals surface area contributed by atoms with Crippen molar-refractivity contribution >= 4 is 11.6 Å². The van der Waals surface area contributed by atoms with Gasteiger partial charge in [0.05, 0.1) is 0 Å². The van der Waals surface area contributed by atoms with E-state index in [1.807, 2.05) is 13.1 Å². The van der Waals surface area contributed by atoms with E-state index in [2.05, 4.69) is 48.0 Å². The van der Waals surface area contributed by atoms with Crippen molar-refractivity contribution in [2.24, 2.45) is 5.92 Å². The Balaban J connectivity index is 2.94. The van der Waals surface area contributed by atoms with Crippen molar-refractivity contribution in [1.29, 1.82) is 0 Å². The Morgan fingerprint density at radius 2 is 2.00 bits per heavy atom. The molecule has 0 aliphatic rings. The predicted molar refractivity (Wildman–Crippen MR) is 79.6 cm³/mol. The summed E-state index contributed by atoms with van der Waals surface area (Å²) in [6, 6.07) is 2.41. The molecular weight excluding hydrogens is 240 g/mol. The lowest BCUT2D eigenvalue weighted by Crippen LogP contribution is -2.31. The number of hydrogen-bond acceptors (Lipinski definition) is 5. The van der Waals surface area contributed by atoms with Gasteiger partial charge in [-0.25, -0.2) is 9.97 Å². The zero-order chi connectivity index (χ0) is 14.4. The summed E-state index contributed by atoms with van der Waals surface area (Å²) >= 11 is 0. The van der Waals surface area contributed by atoms with Gasteiger partial charge in [0, 0.05) is 33.3 Å². The summed E-state index contributed by atoms with van der Waals surface area (Å²) in [7, 11) is 5.59. The van der Waals surface area contributed by atoms with Gasteiger partial charge in [0.2, 0.25) is 0 Å². The van der Waals surface area contributed by atoms with Crippen molar-refractivity contribution in [3.63, 3.8) is 0 Å². The summed E-state index contributed by atoms with van der Waals surface area (Å²) < 4.78 is 5.12. The molecule has 5 nitrogen and oxygen atoms in total. The highest BCUT2D eigenvalue weighted by Gasteiger charge is 2.14. The lowest BCUT2D eigenvalue weighted by atomic mass is 10.0. The summed E-state index contributed by atoms with van der Waals surface area (Å²) in [5.74, 6) is 3.12. The zero-order valence-electron chi connectivity index (χ0n) is 12.9. The molecule has 0 amide bonds. The predicted octanol–water partition coefficient (Wildman–Crippen LogP) is 2.54. The highest BCUT2D eigenvalue weighted by Crippen LogP contribution is 2.20. The first-order valence-electron chi connectivity index (χ1n) is 6.75. The molecule has 1 unspecified atom stereocenters. The average molecular weight is 266 g/mol. The molecule has 1 rings (SSSR count). The smallest absolute Gasteiger partial charge is 0.158 e. The number of hydrogen-bond donors (Lipinski definition) is 1. The third-order valence-corrected chi connectivity index (χ3v) is 3.12. The summed E-state index contributed by atoms with van der Waals surface area (Å²) in [6.07, 6.45) is 1.13. The number of nitrogens with zero attached hydrogens (tertiary/aromatic N) is 3. The van der Waals surface area contributed by atoms with Gasteiger partial charge in [-0.15, -0.1) is 0 Å². The van der Waals surface area contributed by atoms with Crippen molar-refractivity contribution in [3.05, 3.63) is 11.9 Å².